The maximum Gasteiger partial charge on any atom is 0.321 e. The van der Waals surface area contributed by atoms with Crippen LogP contribution in [-0.4, -0.2) is 30.1 Å². The number of urea groups is 1. The summed E-state index contributed by atoms with van der Waals surface area (Å²) in [7, 11) is 3.40. The maximum atomic E-state index is 12.6. The Morgan fingerprint density at radius 2 is 2.08 bits per heavy atom. The van der Waals surface area contributed by atoms with Gasteiger partial charge in [0.25, 0.3) is 0 Å². The SMILES string of the molecule is COc1ccc(C)cc1CN(C)C(=O)Nc1cccc2cnccc12. The highest BCUT2D eigenvalue weighted by Crippen LogP contribution is 2.24. The van der Waals surface area contributed by atoms with Gasteiger partial charge in [0.2, 0.25) is 0 Å². The number of anilines is 1. The third-order valence-electron chi connectivity index (χ3n) is 4.11. The van der Waals surface area contributed by atoms with Crippen molar-refractivity contribution in [3.05, 3.63) is 66.0 Å². The summed E-state index contributed by atoms with van der Waals surface area (Å²) in [6, 6.07) is 13.4. The van der Waals surface area contributed by atoms with Crippen molar-refractivity contribution < 1.29 is 9.53 Å². The molecule has 0 unspecified atom stereocenters. The number of ether oxygens (including phenoxy) is 1. The standard InChI is InChI=1S/C20H21N3O2/c1-14-7-8-19(25-3)16(11-14)13-23(2)20(24)22-18-6-4-5-15-12-21-10-9-17(15)18/h4-12H,13H2,1-3H3,(H,22,24). The van der Waals surface area contributed by atoms with E-state index in [9.17, 15) is 4.79 Å². The molecule has 2 aromatic carbocycles. The molecule has 0 fully saturated rings. The number of rotatable bonds is 4. The van der Waals surface area contributed by atoms with E-state index < -0.39 is 0 Å². The Kier molecular flexibility index (Phi) is 4.84. The Balaban J connectivity index is 1.78. The number of aryl methyl sites for hydroxylation is 1. The lowest BCUT2D eigenvalue weighted by atomic mass is 10.1. The Bertz CT molecular complexity index is 903. The van der Waals surface area contributed by atoms with E-state index in [4.69, 9.17) is 4.74 Å². The lowest BCUT2D eigenvalue weighted by Gasteiger charge is -2.20. The largest absolute Gasteiger partial charge is 0.496 e. The first-order valence-electron chi connectivity index (χ1n) is 8.07. The molecule has 5 nitrogen and oxygen atoms in total. The number of methoxy groups -OCH3 is 1. The number of carbonyl (C=O) groups is 1. The number of nitrogens with one attached hydrogen (secondary N) is 1. The van der Waals surface area contributed by atoms with Crippen LogP contribution in [0.15, 0.2) is 54.9 Å². The fourth-order valence-corrected chi connectivity index (χ4v) is 2.80. The molecule has 5 heteroatoms. The third kappa shape index (κ3) is 3.71. The van der Waals surface area contributed by atoms with Crippen LogP contribution in [0.4, 0.5) is 10.5 Å². The average molecular weight is 335 g/mol. The van der Waals surface area contributed by atoms with Gasteiger partial charge < -0.3 is 15.0 Å². The van der Waals surface area contributed by atoms with Crippen molar-refractivity contribution in [3.63, 3.8) is 0 Å². The van der Waals surface area contributed by atoms with E-state index in [1.807, 2.05) is 49.4 Å². The molecule has 3 aromatic rings. The first kappa shape index (κ1) is 16.8. The van der Waals surface area contributed by atoms with Crippen molar-refractivity contribution in [3.8, 4) is 5.75 Å². The number of carbonyl (C=O) groups excluding carboxylic acids is 1. The number of amides is 2. The normalized spacial score (nSPS) is 10.5. The Morgan fingerprint density at radius 3 is 2.88 bits per heavy atom. The summed E-state index contributed by atoms with van der Waals surface area (Å²) < 4.78 is 5.39. The van der Waals surface area contributed by atoms with Gasteiger partial charge in [-0.2, -0.15) is 0 Å². The van der Waals surface area contributed by atoms with Crippen LogP contribution in [0.2, 0.25) is 0 Å². The number of aromatic nitrogens is 1. The van der Waals surface area contributed by atoms with Gasteiger partial charge in [0, 0.05) is 35.8 Å². The fourth-order valence-electron chi connectivity index (χ4n) is 2.80. The highest BCUT2D eigenvalue weighted by atomic mass is 16.5. The van der Waals surface area contributed by atoms with Crippen LogP contribution in [0.25, 0.3) is 10.8 Å². The topological polar surface area (TPSA) is 54.5 Å². The molecule has 0 spiro atoms. The first-order chi connectivity index (χ1) is 12.1. The molecule has 0 bridgehead atoms. The number of hydrogen-bond acceptors (Lipinski definition) is 3. The molecule has 0 saturated carbocycles. The van der Waals surface area contributed by atoms with Crippen LogP contribution >= 0.6 is 0 Å². The summed E-state index contributed by atoms with van der Waals surface area (Å²) >= 11 is 0. The highest BCUT2D eigenvalue weighted by Gasteiger charge is 2.13. The van der Waals surface area contributed by atoms with Crippen molar-refractivity contribution in [2.45, 2.75) is 13.5 Å². The summed E-state index contributed by atoms with van der Waals surface area (Å²) in [6.07, 6.45) is 3.51. The zero-order chi connectivity index (χ0) is 17.8. The van der Waals surface area contributed by atoms with Crippen LogP contribution in [0.3, 0.4) is 0 Å². The fraction of sp³-hybridized carbons (Fsp3) is 0.200. The summed E-state index contributed by atoms with van der Waals surface area (Å²) in [4.78, 5) is 18.4. The molecular weight excluding hydrogens is 314 g/mol. The maximum absolute atomic E-state index is 12.6. The summed E-state index contributed by atoms with van der Waals surface area (Å²) in [5.74, 6) is 0.779. The number of pyridine rings is 1. The summed E-state index contributed by atoms with van der Waals surface area (Å²) in [5, 5.41) is 4.93. The molecule has 1 aromatic heterocycles. The van der Waals surface area contributed by atoms with Gasteiger partial charge in [0.05, 0.1) is 19.3 Å². The second kappa shape index (κ2) is 7.21. The molecule has 0 aliphatic heterocycles. The lowest BCUT2D eigenvalue weighted by Crippen LogP contribution is -2.31. The van der Waals surface area contributed by atoms with Crippen molar-refractivity contribution in [2.24, 2.45) is 0 Å². The minimum atomic E-state index is -0.173. The Morgan fingerprint density at radius 1 is 1.24 bits per heavy atom. The molecule has 1 heterocycles. The van der Waals surface area contributed by atoms with Crippen LogP contribution < -0.4 is 10.1 Å². The van der Waals surface area contributed by atoms with Gasteiger partial charge in [-0.15, -0.1) is 0 Å². The second-order valence-electron chi connectivity index (χ2n) is 6.00. The zero-order valence-corrected chi connectivity index (χ0v) is 14.6. The molecule has 0 saturated heterocycles. The predicted molar refractivity (Wildman–Crippen MR) is 100.0 cm³/mol. The van der Waals surface area contributed by atoms with E-state index in [0.717, 1.165) is 33.3 Å². The van der Waals surface area contributed by atoms with E-state index in [1.165, 1.54) is 0 Å². The monoisotopic (exact) mass is 335 g/mol. The number of hydrogen-bond donors (Lipinski definition) is 1. The van der Waals surface area contributed by atoms with Gasteiger partial charge in [0.15, 0.2) is 0 Å². The summed E-state index contributed by atoms with van der Waals surface area (Å²) in [5.41, 5.74) is 2.88. The van der Waals surface area contributed by atoms with Gasteiger partial charge in [-0.3, -0.25) is 4.98 Å². The summed E-state index contributed by atoms with van der Waals surface area (Å²) in [6.45, 7) is 2.48. The third-order valence-corrected chi connectivity index (χ3v) is 4.11. The zero-order valence-electron chi connectivity index (χ0n) is 14.6. The van der Waals surface area contributed by atoms with E-state index in [-0.39, 0.29) is 6.03 Å². The van der Waals surface area contributed by atoms with E-state index in [0.29, 0.717) is 6.54 Å². The van der Waals surface area contributed by atoms with Gasteiger partial charge >= 0.3 is 6.03 Å². The second-order valence-corrected chi connectivity index (χ2v) is 6.00. The minimum absolute atomic E-state index is 0.173. The van der Waals surface area contributed by atoms with E-state index >= 15 is 0 Å². The Hall–Kier alpha value is -3.08. The van der Waals surface area contributed by atoms with Gasteiger partial charge in [-0.25, -0.2) is 4.79 Å². The highest BCUT2D eigenvalue weighted by molar-refractivity contribution is 6.01. The average Bonchev–Trinajstić information content (AvgIpc) is 2.62. The quantitative estimate of drug-likeness (QED) is 0.777. The molecule has 2 amide bonds. The minimum Gasteiger partial charge on any atom is -0.496 e. The molecule has 0 aliphatic rings. The van der Waals surface area contributed by atoms with Crippen LogP contribution in [0.1, 0.15) is 11.1 Å². The van der Waals surface area contributed by atoms with Crippen molar-refractivity contribution in [2.75, 3.05) is 19.5 Å². The Labute approximate surface area is 147 Å². The van der Waals surface area contributed by atoms with Crippen LogP contribution in [-0.2, 0) is 6.54 Å². The van der Waals surface area contributed by atoms with Crippen molar-refractivity contribution in [1.29, 1.82) is 0 Å². The molecule has 0 aliphatic carbocycles. The molecule has 0 radical (unpaired) electrons. The smallest absolute Gasteiger partial charge is 0.321 e. The van der Waals surface area contributed by atoms with Gasteiger partial charge in [-0.05, 0) is 25.1 Å². The van der Waals surface area contributed by atoms with Gasteiger partial charge in [0.1, 0.15) is 5.75 Å². The van der Waals surface area contributed by atoms with E-state index in [2.05, 4.69) is 10.3 Å². The van der Waals surface area contributed by atoms with Gasteiger partial charge in [-0.1, -0.05) is 29.8 Å². The van der Waals surface area contributed by atoms with Crippen LogP contribution in [0, 0.1) is 6.92 Å². The van der Waals surface area contributed by atoms with Crippen molar-refractivity contribution >= 4 is 22.5 Å². The van der Waals surface area contributed by atoms with Crippen LogP contribution in [0.5, 0.6) is 5.75 Å². The molecule has 1 N–H and O–H groups in total. The molecule has 0 atom stereocenters. The van der Waals surface area contributed by atoms with E-state index in [1.54, 1.807) is 31.5 Å². The molecule has 3 rings (SSSR count). The number of fused-ring (bicyclic) bond motifs is 1. The number of benzene rings is 2. The lowest BCUT2D eigenvalue weighted by molar-refractivity contribution is 0.220. The molecule has 128 valence electrons. The number of nitrogens with zero attached hydrogens (tertiary/aromatic N) is 2. The molecular formula is C20H21N3O2. The van der Waals surface area contributed by atoms with Crippen molar-refractivity contribution in [1.82, 2.24) is 9.88 Å². The predicted octanol–water partition coefficient (Wildman–Crippen LogP) is 4.22. The molecule has 25 heavy (non-hydrogen) atoms. The first-order valence-corrected chi connectivity index (χ1v) is 8.07.